The van der Waals surface area contributed by atoms with Crippen LogP contribution in [0.2, 0.25) is 0 Å². The molecule has 0 saturated carbocycles. The van der Waals surface area contributed by atoms with Crippen molar-refractivity contribution in [2.75, 3.05) is 6.61 Å². The van der Waals surface area contributed by atoms with E-state index in [1.807, 2.05) is 6.92 Å². The van der Waals surface area contributed by atoms with E-state index < -0.39 is 18.3 Å². The van der Waals surface area contributed by atoms with Crippen LogP contribution in [0.3, 0.4) is 0 Å². The molecule has 0 amide bonds. The lowest BCUT2D eigenvalue weighted by molar-refractivity contribution is -0.138. The number of alkyl halides is 3. The molecule has 0 radical (unpaired) electrons. The van der Waals surface area contributed by atoms with Gasteiger partial charge < -0.3 is 10.5 Å². The number of nitrogens with two attached hydrogens (primary N) is 1. The molecule has 1 aromatic carbocycles. The van der Waals surface area contributed by atoms with Gasteiger partial charge in [-0.15, -0.1) is 0 Å². The van der Waals surface area contributed by atoms with E-state index in [4.69, 9.17) is 15.7 Å². The minimum atomic E-state index is -4.52. The van der Waals surface area contributed by atoms with Crippen LogP contribution in [0, 0.1) is 11.3 Å². The lowest BCUT2D eigenvalue weighted by Gasteiger charge is -2.15. The zero-order valence-corrected chi connectivity index (χ0v) is 10.5. The molecule has 0 aliphatic carbocycles. The fourth-order valence-electron chi connectivity index (χ4n) is 1.61. The first-order valence-electron chi connectivity index (χ1n) is 5.84. The molecule has 1 rings (SSSR count). The standard InChI is InChI=1S/C13H15F3N2O/c1-2-10(18)7-9-3-4-12(19-6-5-17)11(8-9)13(14,15)16/h3-4,8,10H,2,6-7,18H2,1H3. The Morgan fingerprint density at radius 1 is 1.42 bits per heavy atom. The predicted octanol–water partition coefficient (Wildman–Crippen LogP) is 2.89. The molecule has 0 saturated heterocycles. The molecule has 19 heavy (non-hydrogen) atoms. The van der Waals surface area contributed by atoms with Gasteiger partial charge in [0.2, 0.25) is 0 Å². The zero-order valence-electron chi connectivity index (χ0n) is 10.5. The number of hydrogen-bond acceptors (Lipinski definition) is 3. The van der Waals surface area contributed by atoms with Crippen LogP contribution in [0.4, 0.5) is 13.2 Å². The van der Waals surface area contributed by atoms with Gasteiger partial charge in [-0.05, 0) is 30.5 Å². The molecule has 1 aromatic rings. The topological polar surface area (TPSA) is 59.0 Å². The van der Waals surface area contributed by atoms with Gasteiger partial charge in [-0.2, -0.15) is 18.4 Å². The van der Waals surface area contributed by atoms with Crippen molar-refractivity contribution in [1.82, 2.24) is 0 Å². The second-order valence-electron chi connectivity index (χ2n) is 4.15. The van der Waals surface area contributed by atoms with Gasteiger partial charge in [0.25, 0.3) is 0 Å². The van der Waals surface area contributed by atoms with Gasteiger partial charge in [0.1, 0.15) is 11.8 Å². The Morgan fingerprint density at radius 3 is 2.63 bits per heavy atom. The summed E-state index contributed by atoms with van der Waals surface area (Å²) in [7, 11) is 0. The molecule has 0 fully saturated rings. The molecule has 3 nitrogen and oxygen atoms in total. The van der Waals surface area contributed by atoms with Crippen LogP contribution in [0.5, 0.6) is 5.75 Å². The summed E-state index contributed by atoms with van der Waals surface area (Å²) in [6, 6.07) is 5.27. The number of hydrogen-bond donors (Lipinski definition) is 1. The molecule has 0 aromatic heterocycles. The van der Waals surface area contributed by atoms with E-state index in [1.54, 1.807) is 6.07 Å². The van der Waals surface area contributed by atoms with Gasteiger partial charge >= 0.3 is 6.18 Å². The summed E-state index contributed by atoms with van der Waals surface area (Å²) in [4.78, 5) is 0. The molecule has 0 bridgehead atoms. The summed E-state index contributed by atoms with van der Waals surface area (Å²) in [5.74, 6) is -0.331. The lowest BCUT2D eigenvalue weighted by Crippen LogP contribution is -2.21. The van der Waals surface area contributed by atoms with Crippen molar-refractivity contribution in [2.24, 2.45) is 5.73 Å². The molecule has 0 aliphatic rings. The third-order valence-corrected chi connectivity index (χ3v) is 2.66. The summed E-state index contributed by atoms with van der Waals surface area (Å²) in [6.07, 6.45) is -3.46. The van der Waals surface area contributed by atoms with E-state index in [0.717, 1.165) is 6.07 Å². The van der Waals surface area contributed by atoms with E-state index in [-0.39, 0.29) is 11.8 Å². The Morgan fingerprint density at radius 2 is 2.11 bits per heavy atom. The molecule has 0 aliphatic heterocycles. The summed E-state index contributed by atoms with van der Waals surface area (Å²) < 4.78 is 43.4. The third kappa shape index (κ3) is 4.45. The van der Waals surface area contributed by atoms with Crippen LogP contribution in [-0.4, -0.2) is 12.6 Å². The first kappa shape index (κ1) is 15.3. The molecule has 1 atom stereocenters. The Balaban J connectivity index is 3.05. The van der Waals surface area contributed by atoms with Gasteiger partial charge in [0, 0.05) is 6.04 Å². The van der Waals surface area contributed by atoms with Crippen molar-refractivity contribution in [3.63, 3.8) is 0 Å². The number of ether oxygens (including phenoxy) is 1. The number of nitrogens with zero attached hydrogens (tertiary/aromatic N) is 1. The highest BCUT2D eigenvalue weighted by Gasteiger charge is 2.34. The normalized spacial score (nSPS) is 12.8. The summed E-state index contributed by atoms with van der Waals surface area (Å²) in [5.41, 5.74) is 5.36. The summed E-state index contributed by atoms with van der Waals surface area (Å²) >= 11 is 0. The van der Waals surface area contributed by atoms with E-state index in [2.05, 4.69) is 0 Å². The van der Waals surface area contributed by atoms with Crippen LogP contribution in [0.15, 0.2) is 18.2 Å². The fraction of sp³-hybridized carbons (Fsp3) is 0.462. The molecule has 6 heteroatoms. The number of nitriles is 1. The number of halogens is 3. The van der Waals surface area contributed by atoms with E-state index in [0.29, 0.717) is 18.4 Å². The van der Waals surface area contributed by atoms with Crippen LogP contribution in [0.25, 0.3) is 0 Å². The average molecular weight is 272 g/mol. The van der Waals surface area contributed by atoms with Crippen molar-refractivity contribution in [2.45, 2.75) is 32.0 Å². The largest absolute Gasteiger partial charge is 0.478 e. The van der Waals surface area contributed by atoms with E-state index >= 15 is 0 Å². The quantitative estimate of drug-likeness (QED) is 0.896. The lowest BCUT2D eigenvalue weighted by atomic mass is 10.0. The fourth-order valence-corrected chi connectivity index (χ4v) is 1.61. The van der Waals surface area contributed by atoms with E-state index in [1.165, 1.54) is 12.1 Å². The Labute approximate surface area is 109 Å². The highest BCUT2D eigenvalue weighted by atomic mass is 19.4. The predicted molar refractivity (Wildman–Crippen MR) is 64.5 cm³/mol. The Bertz CT molecular complexity index is 466. The van der Waals surface area contributed by atoms with Gasteiger partial charge in [-0.3, -0.25) is 0 Å². The SMILES string of the molecule is CCC(N)Cc1ccc(OCC#N)c(C(F)(F)F)c1. The monoisotopic (exact) mass is 272 g/mol. The van der Waals surface area contributed by atoms with Crippen LogP contribution in [-0.2, 0) is 12.6 Å². The molecule has 2 N–H and O–H groups in total. The summed E-state index contributed by atoms with van der Waals surface area (Å²) in [5, 5.41) is 8.35. The van der Waals surface area contributed by atoms with Crippen LogP contribution >= 0.6 is 0 Å². The number of benzene rings is 1. The van der Waals surface area contributed by atoms with Crippen LogP contribution in [0.1, 0.15) is 24.5 Å². The van der Waals surface area contributed by atoms with Gasteiger partial charge in [-0.1, -0.05) is 13.0 Å². The number of rotatable bonds is 5. The second kappa shape index (κ2) is 6.43. The minimum Gasteiger partial charge on any atom is -0.478 e. The Kier molecular flexibility index (Phi) is 5.19. The zero-order chi connectivity index (χ0) is 14.5. The first-order chi connectivity index (χ1) is 8.88. The van der Waals surface area contributed by atoms with Crippen molar-refractivity contribution in [1.29, 1.82) is 5.26 Å². The maximum absolute atomic E-state index is 12.9. The van der Waals surface area contributed by atoms with Gasteiger partial charge in [0.15, 0.2) is 6.61 Å². The average Bonchev–Trinajstić information content (AvgIpc) is 2.35. The molecule has 0 spiro atoms. The maximum atomic E-state index is 12.9. The molecule has 0 heterocycles. The second-order valence-corrected chi connectivity index (χ2v) is 4.15. The van der Waals surface area contributed by atoms with Crippen molar-refractivity contribution in [3.05, 3.63) is 29.3 Å². The summed E-state index contributed by atoms with van der Waals surface area (Å²) in [6.45, 7) is 1.45. The first-order valence-corrected chi connectivity index (χ1v) is 5.84. The molecule has 1 unspecified atom stereocenters. The smallest absolute Gasteiger partial charge is 0.419 e. The minimum absolute atomic E-state index is 0.174. The third-order valence-electron chi connectivity index (χ3n) is 2.66. The Hall–Kier alpha value is -1.74. The molecular weight excluding hydrogens is 257 g/mol. The van der Waals surface area contributed by atoms with Crippen molar-refractivity contribution in [3.8, 4) is 11.8 Å². The molecule has 104 valence electrons. The highest BCUT2D eigenvalue weighted by molar-refractivity contribution is 5.39. The van der Waals surface area contributed by atoms with Gasteiger partial charge in [-0.25, -0.2) is 0 Å². The van der Waals surface area contributed by atoms with Crippen LogP contribution < -0.4 is 10.5 Å². The maximum Gasteiger partial charge on any atom is 0.419 e. The van der Waals surface area contributed by atoms with Crippen molar-refractivity contribution < 1.29 is 17.9 Å². The van der Waals surface area contributed by atoms with E-state index in [9.17, 15) is 13.2 Å². The van der Waals surface area contributed by atoms with Gasteiger partial charge in [0.05, 0.1) is 5.56 Å². The highest BCUT2D eigenvalue weighted by Crippen LogP contribution is 2.37. The van der Waals surface area contributed by atoms with Crippen molar-refractivity contribution >= 4 is 0 Å². The molecular formula is C13H15F3N2O.